The van der Waals surface area contributed by atoms with E-state index in [2.05, 4.69) is 59.2 Å². The summed E-state index contributed by atoms with van der Waals surface area (Å²) in [5.41, 5.74) is 2.52. The third-order valence-electron chi connectivity index (χ3n) is 5.49. The molecule has 2 aliphatic rings. The summed E-state index contributed by atoms with van der Waals surface area (Å²) in [6.07, 6.45) is 6.14. The molecule has 1 heterocycles. The van der Waals surface area contributed by atoms with E-state index in [-0.39, 0.29) is 0 Å². The molecule has 1 aliphatic carbocycles. The molecule has 0 bridgehead atoms. The Bertz CT molecular complexity index is 728. The van der Waals surface area contributed by atoms with Crippen LogP contribution in [-0.2, 0) is 6.42 Å². The Labute approximate surface area is 162 Å². The van der Waals surface area contributed by atoms with Crippen LogP contribution in [0.2, 0.25) is 0 Å². The second-order valence-electron chi connectivity index (χ2n) is 7.45. The summed E-state index contributed by atoms with van der Waals surface area (Å²) >= 11 is 0. The van der Waals surface area contributed by atoms with E-state index in [1.54, 1.807) is 7.11 Å². The molecule has 0 aromatic heterocycles. The fraction of sp³-hybridized carbons (Fsp3) is 0.435. The minimum Gasteiger partial charge on any atom is -0.493 e. The Hall–Kier alpha value is -2.20. The van der Waals surface area contributed by atoms with Gasteiger partial charge < -0.3 is 19.7 Å². The summed E-state index contributed by atoms with van der Waals surface area (Å²) < 4.78 is 11.8. The highest BCUT2D eigenvalue weighted by Gasteiger charge is 2.23. The zero-order valence-electron chi connectivity index (χ0n) is 16.1. The molecule has 1 N–H and O–H groups in total. The van der Waals surface area contributed by atoms with E-state index in [1.807, 2.05) is 6.07 Å². The Morgan fingerprint density at radius 1 is 1.04 bits per heavy atom. The predicted molar refractivity (Wildman–Crippen MR) is 109 cm³/mol. The van der Waals surface area contributed by atoms with Crippen LogP contribution < -0.4 is 19.7 Å². The number of nitrogens with zero attached hydrogens (tertiary/aromatic N) is 1. The van der Waals surface area contributed by atoms with E-state index >= 15 is 0 Å². The highest BCUT2D eigenvalue weighted by molar-refractivity contribution is 5.58. The molecular formula is C23H29N2O2. The van der Waals surface area contributed by atoms with Crippen molar-refractivity contribution in [2.75, 3.05) is 25.1 Å². The van der Waals surface area contributed by atoms with Crippen molar-refractivity contribution in [1.82, 2.24) is 5.32 Å². The number of ether oxygens (including phenoxy) is 2. The van der Waals surface area contributed by atoms with Crippen LogP contribution in [-0.4, -0.2) is 32.3 Å². The molecule has 1 radical (unpaired) electrons. The van der Waals surface area contributed by atoms with Gasteiger partial charge in [-0.05, 0) is 49.8 Å². The lowest BCUT2D eigenvalue weighted by atomic mass is 10.0. The molecule has 2 aromatic carbocycles. The van der Waals surface area contributed by atoms with Crippen molar-refractivity contribution < 1.29 is 9.47 Å². The average Bonchev–Trinajstić information content (AvgIpc) is 3.22. The minimum absolute atomic E-state index is 0.326. The van der Waals surface area contributed by atoms with Crippen molar-refractivity contribution in [2.24, 2.45) is 0 Å². The summed E-state index contributed by atoms with van der Waals surface area (Å²) in [5.74, 6) is 1.69. The Balaban J connectivity index is 1.46. The summed E-state index contributed by atoms with van der Waals surface area (Å²) in [7, 11) is 1.71. The van der Waals surface area contributed by atoms with E-state index in [0.717, 1.165) is 43.9 Å². The summed E-state index contributed by atoms with van der Waals surface area (Å²) in [6.45, 7) is 4.23. The summed E-state index contributed by atoms with van der Waals surface area (Å²) in [4.78, 5) is 2.34. The summed E-state index contributed by atoms with van der Waals surface area (Å²) in [6, 6.07) is 17.3. The van der Waals surface area contributed by atoms with Crippen LogP contribution in [0.1, 0.15) is 31.2 Å². The number of methoxy groups -OCH3 is 1. The molecule has 1 aliphatic heterocycles. The highest BCUT2D eigenvalue weighted by Crippen LogP contribution is 2.35. The molecule has 1 saturated heterocycles. The molecule has 0 unspecified atom stereocenters. The largest absolute Gasteiger partial charge is 0.493 e. The molecule has 143 valence electrons. The number of benzene rings is 2. The SMILES string of the molecule is COc1ccc(N2[CH][C@H](Cc3ccccc3)NCC2)cc1OC1CCCC1. The maximum absolute atomic E-state index is 6.27. The van der Waals surface area contributed by atoms with Gasteiger partial charge in [-0.1, -0.05) is 30.3 Å². The van der Waals surface area contributed by atoms with Gasteiger partial charge in [-0.2, -0.15) is 0 Å². The van der Waals surface area contributed by atoms with Gasteiger partial charge in [0.05, 0.1) is 19.8 Å². The van der Waals surface area contributed by atoms with Crippen molar-refractivity contribution in [1.29, 1.82) is 0 Å². The Morgan fingerprint density at radius 2 is 1.85 bits per heavy atom. The first kappa shape index (κ1) is 18.2. The maximum Gasteiger partial charge on any atom is 0.163 e. The molecular weight excluding hydrogens is 336 g/mol. The predicted octanol–water partition coefficient (Wildman–Crippen LogP) is 4.20. The third-order valence-corrected chi connectivity index (χ3v) is 5.49. The van der Waals surface area contributed by atoms with E-state index in [4.69, 9.17) is 9.47 Å². The second-order valence-corrected chi connectivity index (χ2v) is 7.45. The van der Waals surface area contributed by atoms with Crippen molar-refractivity contribution in [2.45, 2.75) is 44.2 Å². The quantitative estimate of drug-likeness (QED) is 0.832. The van der Waals surface area contributed by atoms with Crippen LogP contribution in [0, 0.1) is 6.54 Å². The second kappa shape index (κ2) is 8.66. The lowest BCUT2D eigenvalue weighted by Gasteiger charge is -2.35. The van der Waals surface area contributed by atoms with Crippen LogP contribution in [0.3, 0.4) is 0 Å². The lowest BCUT2D eigenvalue weighted by molar-refractivity contribution is 0.201. The number of anilines is 1. The molecule has 4 rings (SSSR count). The monoisotopic (exact) mass is 365 g/mol. The molecule has 2 aromatic rings. The average molecular weight is 365 g/mol. The highest BCUT2D eigenvalue weighted by atomic mass is 16.5. The molecule has 0 spiro atoms. The molecule has 1 atom stereocenters. The molecule has 4 nitrogen and oxygen atoms in total. The zero-order chi connectivity index (χ0) is 18.5. The first-order chi connectivity index (χ1) is 13.3. The van der Waals surface area contributed by atoms with Crippen molar-refractivity contribution in [3.05, 3.63) is 60.6 Å². The number of rotatable bonds is 6. The van der Waals surface area contributed by atoms with E-state index < -0.39 is 0 Å². The van der Waals surface area contributed by atoms with Gasteiger partial charge in [0.15, 0.2) is 11.5 Å². The number of piperazine rings is 1. The molecule has 1 saturated carbocycles. The topological polar surface area (TPSA) is 33.7 Å². The fourth-order valence-corrected chi connectivity index (χ4v) is 4.04. The van der Waals surface area contributed by atoms with E-state index in [0.29, 0.717) is 12.1 Å². The van der Waals surface area contributed by atoms with Gasteiger partial charge >= 0.3 is 0 Å². The van der Waals surface area contributed by atoms with Crippen molar-refractivity contribution in [3.63, 3.8) is 0 Å². The third kappa shape index (κ3) is 4.56. The summed E-state index contributed by atoms with van der Waals surface area (Å²) in [5, 5.41) is 3.61. The lowest BCUT2D eigenvalue weighted by Crippen LogP contribution is -2.48. The van der Waals surface area contributed by atoms with Gasteiger partial charge in [0, 0.05) is 30.9 Å². The van der Waals surface area contributed by atoms with E-state index in [9.17, 15) is 0 Å². The van der Waals surface area contributed by atoms with Gasteiger partial charge in [-0.15, -0.1) is 0 Å². The van der Waals surface area contributed by atoms with Gasteiger partial charge in [0.25, 0.3) is 0 Å². The fourth-order valence-electron chi connectivity index (χ4n) is 4.04. The van der Waals surface area contributed by atoms with Crippen LogP contribution in [0.25, 0.3) is 0 Å². The van der Waals surface area contributed by atoms with Gasteiger partial charge in [-0.3, -0.25) is 0 Å². The van der Waals surface area contributed by atoms with Gasteiger partial charge in [0.2, 0.25) is 0 Å². The van der Waals surface area contributed by atoms with Crippen LogP contribution in [0.5, 0.6) is 11.5 Å². The number of nitrogens with one attached hydrogen (secondary N) is 1. The van der Waals surface area contributed by atoms with Crippen LogP contribution in [0.15, 0.2) is 48.5 Å². The van der Waals surface area contributed by atoms with Crippen molar-refractivity contribution in [3.8, 4) is 11.5 Å². The van der Waals surface area contributed by atoms with Crippen LogP contribution in [0.4, 0.5) is 5.69 Å². The minimum atomic E-state index is 0.326. The molecule has 2 fully saturated rings. The van der Waals surface area contributed by atoms with Gasteiger partial charge in [0.1, 0.15) is 0 Å². The maximum atomic E-state index is 6.27. The van der Waals surface area contributed by atoms with Crippen LogP contribution >= 0.6 is 0 Å². The Morgan fingerprint density at radius 3 is 2.63 bits per heavy atom. The smallest absolute Gasteiger partial charge is 0.163 e. The van der Waals surface area contributed by atoms with Gasteiger partial charge in [-0.25, -0.2) is 0 Å². The molecule has 0 amide bonds. The standard InChI is InChI=1S/C23H29N2O2/c1-26-22-12-11-20(16-23(22)27-21-9-5-6-10-21)25-14-13-24-19(17-25)15-18-7-3-2-4-8-18/h2-4,7-8,11-12,16-17,19,21,24H,5-6,9-10,13-15H2,1H3/t19-/m0/s1. The number of hydrogen-bond donors (Lipinski definition) is 1. The first-order valence-corrected chi connectivity index (χ1v) is 10.1. The number of hydrogen-bond acceptors (Lipinski definition) is 4. The Kier molecular flexibility index (Phi) is 5.83. The normalized spacial score (nSPS) is 20.6. The zero-order valence-corrected chi connectivity index (χ0v) is 16.1. The first-order valence-electron chi connectivity index (χ1n) is 10.1. The molecule has 27 heavy (non-hydrogen) atoms. The van der Waals surface area contributed by atoms with E-state index in [1.165, 1.54) is 24.1 Å². The van der Waals surface area contributed by atoms with Crippen molar-refractivity contribution >= 4 is 5.69 Å². The molecule has 4 heteroatoms.